The van der Waals surface area contributed by atoms with Crippen LogP contribution in [0.25, 0.3) is 0 Å². The first-order chi connectivity index (χ1) is 8.27. The van der Waals surface area contributed by atoms with E-state index in [9.17, 15) is 0 Å². The number of hydrogen-bond donors (Lipinski definition) is 2. The fraction of sp³-hybridized carbons (Fsp3) is 0.786. The molecule has 1 aromatic heterocycles. The molecule has 0 amide bonds. The van der Waals surface area contributed by atoms with Crippen LogP contribution < -0.4 is 5.32 Å². The number of imidazole rings is 1. The van der Waals surface area contributed by atoms with Gasteiger partial charge in [0.15, 0.2) is 0 Å². The first-order valence-electron chi connectivity index (χ1n) is 6.99. The molecule has 0 spiro atoms. The highest BCUT2D eigenvalue weighted by molar-refractivity contribution is 4.89. The van der Waals surface area contributed by atoms with Crippen molar-refractivity contribution >= 4 is 0 Å². The van der Waals surface area contributed by atoms with E-state index in [1.807, 2.05) is 12.4 Å². The van der Waals surface area contributed by atoms with Gasteiger partial charge in [-0.15, -0.1) is 0 Å². The summed E-state index contributed by atoms with van der Waals surface area (Å²) in [5.74, 6) is 2.76. The fourth-order valence-electron chi connectivity index (χ4n) is 3.02. The van der Waals surface area contributed by atoms with E-state index in [4.69, 9.17) is 0 Å². The summed E-state index contributed by atoms with van der Waals surface area (Å²) >= 11 is 0. The Morgan fingerprint density at radius 1 is 1.41 bits per heavy atom. The van der Waals surface area contributed by atoms with Gasteiger partial charge in [-0.1, -0.05) is 26.7 Å². The highest BCUT2D eigenvalue weighted by Gasteiger charge is 2.26. The van der Waals surface area contributed by atoms with Crippen molar-refractivity contribution < 1.29 is 0 Å². The first kappa shape index (κ1) is 12.6. The number of H-pyrrole nitrogens is 1. The van der Waals surface area contributed by atoms with Crippen molar-refractivity contribution in [1.29, 1.82) is 0 Å². The Morgan fingerprint density at radius 2 is 2.24 bits per heavy atom. The third kappa shape index (κ3) is 3.56. The molecule has 0 aliphatic heterocycles. The highest BCUT2D eigenvalue weighted by atomic mass is 14.9. The summed E-state index contributed by atoms with van der Waals surface area (Å²) in [6.07, 6.45) is 10.3. The van der Waals surface area contributed by atoms with Crippen LogP contribution in [0.4, 0.5) is 0 Å². The standard InChI is InChI=1S/C14H25N3/c1-11(2)12-5-3-4-6-13(12)15-8-7-14-16-9-10-17-14/h9-13,15H,3-8H2,1-2H3,(H,16,17). The lowest BCUT2D eigenvalue weighted by atomic mass is 9.78. The second-order valence-corrected chi connectivity index (χ2v) is 5.54. The van der Waals surface area contributed by atoms with Crippen LogP contribution in [0.3, 0.4) is 0 Å². The Labute approximate surface area is 104 Å². The van der Waals surface area contributed by atoms with Gasteiger partial charge in [0.2, 0.25) is 0 Å². The minimum absolute atomic E-state index is 0.721. The predicted octanol–water partition coefficient (Wildman–Crippen LogP) is 2.76. The van der Waals surface area contributed by atoms with Crippen LogP contribution >= 0.6 is 0 Å². The van der Waals surface area contributed by atoms with Crippen LogP contribution in [0.15, 0.2) is 12.4 Å². The van der Waals surface area contributed by atoms with Gasteiger partial charge in [-0.2, -0.15) is 0 Å². The molecule has 2 atom stereocenters. The molecule has 0 bridgehead atoms. The summed E-state index contributed by atoms with van der Waals surface area (Å²) in [6.45, 7) is 5.76. The van der Waals surface area contributed by atoms with E-state index in [0.717, 1.165) is 36.7 Å². The molecule has 1 fully saturated rings. The average molecular weight is 235 g/mol. The zero-order valence-corrected chi connectivity index (χ0v) is 11.1. The van der Waals surface area contributed by atoms with Crippen LogP contribution in [0.2, 0.25) is 0 Å². The van der Waals surface area contributed by atoms with E-state index in [1.165, 1.54) is 25.7 Å². The van der Waals surface area contributed by atoms with Gasteiger partial charge in [0, 0.05) is 31.4 Å². The summed E-state index contributed by atoms with van der Waals surface area (Å²) in [4.78, 5) is 7.42. The molecule has 0 saturated heterocycles. The second-order valence-electron chi connectivity index (χ2n) is 5.54. The zero-order chi connectivity index (χ0) is 12.1. The number of nitrogens with zero attached hydrogens (tertiary/aromatic N) is 1. The Kier molecular flexibility index (Phi) is 4.60. The van der Waals surface area contributed by atoms with Crippen LogP contribution in [-0.2, 0) is 6.42 Å². The van der Waals surface area contributed by atoms with Crippen molar-refractivity contribution in [3.63, 3.8) is 0 Å². The maximum absolute atomic E-state index is 4.26. The van der Waals surface area contributed by atoms with E-state index >= 15 is 0 Å². The normalized spacial score (nSPS) is 25.4. The molecule has 2 unspecified atom stereocenters. The molecule has 3 nitrogen and oxygen atoms in total. The topological polar surface area (TPSA) is 40.7 Å². The Bertz CT molecular complexity index is 305. The smallest absolute Gasteiger partial charge is 0.107 e. The molecule has 0 aromatic carbocycles. The number of aromatic nitrogens is 2. The van der Waals surface area contributed by atoms with E-state index in [0.29, 0.717) is 0 Å². The van der Waals surface area contributed by atoms with E-state index < -0.39 is 0 Å². The molecule has 2 rings (SSSR count). The van der Waals surface area contributed by atoms with Crippen LogP contribution in [-0.4, -0.2) is 22.6 Å². The number of nitrogens with one attached hydrogen (secondary N) is 2. The maximum Gasteiger partial charge on any atom is 0.107 e. The van der Waals surface area contributed by atoms with Gasteiger partial charge in [0.1, 0.15) is 5.82 Å². The Morgan fingerprint density at radius 3 is 2.94 bits per heavy atom. The van der Waals surface area contributed by atoms with Crippen molar-refractivity contribution in [2.24, 2.45) is 11.8 Å². The summed E-state index contributed by atoms with van der Waals surface area (Å²) in [5.41, 5.74) is 0. The first-order valence-corrected chi connectivity index (χ1v) is 6.99. The van der Waals surface area contributed by atoms with Crippen molar-refractivity contribution in [3.8, 4) is 0 Å². The molecular formula is C14H25N3. The van der Waals surface area contributed by atoms with Gasteiger partial charge in [0.05, 0.1) is 0 Å². The van der Waals surface area contributed by atoms with Crippen molar-refractivity contribution in [2.45, 2.75) is 52.0 Å². The van der Waals surface area contributed by atoms with Crippen molar-refractivity contribution in [3.05, 3.63) is 18.2 Å². The third-order valence-electron chi connectivity index (χ3n) is 4.00. The summed E-state index contributed by atoms with van der Waals surface area (Å²) < 4.78 is 0. The monoisotopic (exact) mass is 235 g/mol. The molecule has 1 aromatic rings. The third-order valence-corrected chi connectivity index (χ3v) is 4.00. The zero-order valence-electron chi connectivity index (χ0n) is 11.1. The van der Waals surface area contributed by atoms with Crippen molar-refractivity contribution in [2.75, 3.05) is 6.54 Å². The van der Waals surface area contributed by atoms with Gasteiger partial charge < -0.3 is 10.3 Å². The largest absolute Gasteiger partial charge is 0.349 e. The van der Waals surface area contributed by atoms with E-state index in [-0.39, 0.29) is 0 Å². The van der Waals surface area contributed by atoms with Gasteiger partial charge in [-0.25, -0.2) is 4.98 Å². The molecule has 1 heterocycles. The maximum atomic E-state index is 4.26. The van der Waals surface area contributed by atoms with Crippen LogP contribution in [0, 0.1) is 11.8 Å². The Balaban J connectivity index is 1.76. The Hall–Kier alpha value is -0.830. The number of hydrogen-bond acceptors (Lipinski definition) is 2. The van der Waals surface area contributed by atoms with Gasteiger partial charge in [0.25, 0.3) is 0 Å². The quantitative estimate of drug-likeness (QED) is 0.824. The number of rotatable bonds is 5. The molecule has 1 aliphatic carbocycles. The lowest BCUT2D eigenvalue weighted by Gasteiger charge is -2.35. The molecule has 0 radical (unpaired) electrons. The SMILES string of the molecule is CC(C)C1CCCCC1NCCc1ncc[nH]1. The van der Waals surface area contributed by atoms with Gasteiger partial charge >= 0.3 is 0 Å². The van der Waals surface area contributed by atoms with Crippen LogP contribution in [0.5, 0.6) is 0 Å². The molecule has 96 valence electrons. The summed E-state index contributed by atoms with van der Waals surface area (Å²) in [5, 5.41) is 3.73. The minimum atomic E-state index is 0.721. The molecule has 1 aliphatic rings. The second kappa shape index (κ2) is 6.20. The van der Waals surface area contributed by atoms with E-state index in [1.54, 1.807) is 0 Å². The predicted molar refractivity (Wildman–Crippen MR) is 70.9 cm³/mol. The minimum Gasteiger partial charge on any atom is -0.349 e. The van der Waals surface area contributed by atoms with Gasteiger partial charge in [-0.3, -0.25) is 0 Å². The fourth-order valence-corrected chi connectivity index (χ4v) is 3.02. The lowest BCUT2D eigenvalue weighted by Crippen LogP contribution is -2.41. The van der Waals surface area contributed by atoms with Gasteiger partial charge in [-0.05, 0) is 24.7 Å². The molecule has 1 saturated carbocycles. The van der Waals surface area contributed by atoms with E-state index in [2.05, 4.69) is 29.1 Å². The van der Waals surface area contributed by atoms with Crippen LogP contribution in [0.1, 0.15) is 45.4 Å². The van der Waals surface area contributed by atoms with Crippen molar-refractivity contribution in [1.82, 2.24) is 15.3 Å². The molecule has 2 N–H and O–H groups in total. The average Bonchev–Trinajstić information content (AvgIpc) is 2.82. The molecular weight excluding hydrogens is 210 g/mol. The lowest BCUT2D eigenvalue weighted by molar-refractivity contribution is 0.206. The summed E-state index contributed by atoms with van der Waals surface area (Å²) in [7, 11) is 0. The summed E-state index contributed by atoms with van der Waals surface area (Å²) in [6, 6.07) is 0.721. The molecule has 3 heteroatoms. The molecule has 17 heavy (non-hydrogen) atoms. The highest BCUT2D eigenvalue weighted by Crippen LogP contribution is 2.30. The number of aromatic amines is 1.